The Bertz CT molecular complexity index is 1270. The van der Waals surface area contributed by atoms with Gasteiger partial charge in [0.1, 0.15) is 5.82 Å². The zero-order chi connectivity index (χ0) is 19.8. The summed E-state index contributed by atoms with van der Waals surface area (Å²) < 4.78 is 14.7. The molecule has 0 atom stereocenters. The molecule has 2 N–H and O–H groups in total. The summed E-state index contributed by atoms with van der Waals surface area (Å²) in [4.78, 5) is 0. The predicted molar refractivity (Wildman–Crippen MR) is 113 cm³/mol. The van der Waals surface area contributed by atoms with Crippen molar-refractivity contribution < 1.29 is 14.4 Å². The Balaban J connectivity index is 1.84. The molecule has 0 bridgehead atoms. The lowest BCUT2D eigenvalue weighted by atomic mass is 9.68. The minimum atomic E-state index is -1.87. The first-order valence-corrected chi connectivity index (χ1v) is 9.63. The van der Waals surface area contributed by atoms with E-state index in [4.69, 9.17) is 0 Å². The van der Waals surface area contributed by atoms with Gasteiger partial charge in [0.15, 0.2) is 0 Å². The van der Waals surface area contributed by atoms with Gasteiger partial charge in [-0.05, 0) is 50.6 Å². The molecule has 0 heterocycles. The number of hydrogen-bond acceptors (Lipinski definition) is 2. The number of hydrogen-bond donors (Lipinski definition) is 2. The van der Waals surface area contributed by atoms with Crippen LogP contribution in [0.2, 0.25) is 0 Å². The molecule has 0 aliphatic heterocycles. The molecular formula is C25H16BFO2. The van der Waals surface area contributed by atoms with Gasteiger partial charge >= 0.3 is 7.12 Å². The maximum absolute atomic E-state index is 14.7. The predicted octanol–water partition coefficient (Wildman–Crippen LogP) is 3.85. The summed E-state index contributed by atoms with van der Waals surface area (Å²) in [6.07, 6.45) is 0. The molecule has 0 radical (unpaired) electrons. The van der Waals surface area contributed by atoms with Crippen LogP contribution in [0, 0.1) is 5.82 Å². The van der Waals surface area contributed by atoms with Gasteiger partial charge in [0.25, 0.3) is 0 Å². The second kappa shape index (κ2) is 5.66. The smallest absolute Gasteiger partial charge is 0.423 e. The summed E-state index contributed by atoms with van der Waals surface area (Å²) in [5, 5.41) is 19.6. The lowest BCUT2D eigenvalue weighted by Crippen LogP contribution is -2.35. The Kier molecular flexibility index (Phi) is 3.26. The van der Waals surface area contributed by atoms with Gasteiger partial charge in [-0.2, -0.15) is 0 Å². The minimum absolute atomic E-state index is 0.0993. The molecule has 4 aromatic rings. The topological polar surface area (TPSA) is 40.5 Å². The largest absolute Gasteiger partial charge is 0.491 e. The van der Waals surface area contributed by atoms with Crippen molar-refractivity contribution in [2.45, 2.75) is 5.41 Å². The van der Waals surface area contributed by atoms with Crippen molar-refractivity contribution in [3.05, 3.63) is 113 Å². The van der Waals surface area contributed by atoms with Gasteiger partial charge in [-0.15, -0.1) is 0 Å². The SMILES string of the molecule is OB(O)c1cc2c(cc1F)-c1ccccc1C21c2ccccc2-c2ccccc21. The number of benzene rings is 4. The van der Waals surface area contributed by atoms with Crippen LogP contribution in [0.25, 0.3) is 22.3 Å². The lowest BCUT2D eigenvalue weighted by molar-refractivity contribution is 0.423. The van der Waals surface area contributed by atoms with Gasteiger partial charge in [0, 0.05) is 5.46 Å². The van der Waals surface area contributed by atoms with Crippen LogP contribution in [-0.2, 0) is 5.41 Å². The first-order valence-electron chi connectivity index (χ1n) is 9.63. The monoisotopic (exact) mass is 378 g/mol. The van der Waals surface area contributed by atoms with Crippen LogP contribution in [0.3, 0.4) is 0 Å². The first-order chi connectivity index (χ1) is 14.1. The van der Waals surface area contributed by atoms with Crippen molar-refractivity contribution in [3.8, 4) is 22.3 Å². The molecule has 2 aliphatic carbocycles. The van der Waals surface area contributed by atoms with Gasteiger partial charge in [0.2, 0.25) is 0 Å². The second-order valence-corrected chi connectivity index (χ2v) is 7.68. The van der Waals surface area contributed by atoms with E-state index in [1.807, 2.05) is 42.5 Å². The summed E-state index contributed by atoms with van der Waals surface area (Å²) >= 11 is 0. The molecule has 29 heavy (non-hydrogen) atoms. The molecule has 0 unspecified atom stereocenters. The van der Waals surface area contributed by atoms with Crippen molar-refractivity contribution >= 4 is 12.6 Å². The molecule has 0 saturated carbocycles. The standard InChI is InChI=1S/C25H16BFO2/c27-24-13-18-17-9-3-6-12-21(17)25(22(18)14-23(24)26(28)29)19-10-4-1-7-15(19)16-8-2-5-11-20(16)25/h1-14,28-29H. The van der Waals surface area contributed by atoms with E-state index in [9.17, 15) is 14.4 Å². The molecule has 4 aromatic carbocycles. The number of fused-ring (bicyclic) bond motifs is 10. The van der Waals surface area contributed by atoms with E-state index in [-0.39, 0.29) is 5.46 Å². The third-order valence-corrected chi connectivity index (χ3v) is 6.39. The Hall–Kier alpha value is -3.21. The summed E-state index contributed by atoms with van der Waals surface area (Å²) in [5.74, 6) is -0.606. The van der Waals surface area contributed by atoms with Crippen LogP contribution in [0.15, 0.2) is 84.9 Å². The van der Waals surface area contributed by atoms with Crippen LogP contribution in [0.1, 0.15) is 22.3 Å². The zero-order valence-electron chi connectivity index (χ0n) is 15.4. The molecule has 2 nitrogen and oxygen atoms in total. The highest BCUT2D eigenvalue weighted by Crippen LogP contribution is 2.62. The van der Waals surface area contributed by atoms with Crippen molar-refractivity contribution in [1.82, 2.24) is 0 Å². The van der Waals surface area contributed by atoms with E-state index in [1.54, 1.807) is 6.07 Å². The Morgan fingerprint density at radius 3 is 1.52 bits per heavy atom. The molecule has 4 heteroatoms. The fourth-order valence-corrected chi connectivity index (χ4v) is 5.33. The molecule has 0 aromatic heterocycles. The number of rotatable bonds is 1. The molecule has 138 valence electrons. The molecule has 2 aliphatic rings. The van der Waals surface area contributed by atoms with Crippen LogP contribution in [0.4, 0.5) is 4.39 Å². The fraction of sp³-hybridized carbons (Fsp3) is 0.0400. The normalized spacial score (nSPS) is 14.3. The quantitative estimate of drug-likeness (QED) is 0.427. The van der Waals surface area contributed by atoms with E-state index in [1.165, 1.54) is 6.07 Å². The van der Waals surface area contributed by atoms with E-state index in [0.29, 0.717) is 0 Å². The molecule has 6 rings (SSSR count). The van der Waals surface area contributed by atoms with E-state index >= 15 is 0 Å². The van der Waals surface area contributed by atoms with E-state index in [2.05, 4.69) is 30.3 Å². The summed E-state index contributed by atoms with van der Waals surface area (Å²) in [7, 11) is -1.87. The Morgan fingerprint density at radius 1 is 0.586 bits per heavy atom. The maximum atomic E-state index is 14.7. The van der Waals surface area contributed by atoms with Gasteiger partial charge in [0.05, 0.1) is 5.41 Å². The first kappa shape index (κ1) is 16.7. The van der Waals surface area contributed by atoms with Gasteiger partial charge < -0.3 is 10.0 Å². The fourth-order valence-electron chi connectivity index (χ4n) is 5.33. The molecule has 1 spiro atoms. The Morgan fingerprint density at radius 2 is 1.03 bits per heavy atom. The summed E-state index contributed by atoms with van der Waals surface area (Å²) in [6, 6.07) is 27.8. The van der Waals surface area contributed by atoms with E-state index in [0.717, 1.165) is 44.5 Å². The number of halogens is 1. The molecule has 0 amide bonds. The van der Waals surface area contributed by atoms with Gasteiger partial charge in [-0.1, -0.05) is 78.9 Å². The molecule has 0 saturated heterocycles. The average Bonchev–Trinajstić information content (AvgIpc) is 3.20. The summed E-state index contributed by atoms with van der Waals surface area (Å²) in [6.45, 7) is 0. The highest BCUT2D eigenvalue weighted by molar-refractivity contribution is 6.58. The highest BCUT2D eigenvalue weighted by Gasteiger charge is 2.51. The highest BCUT2D eigenvalue weighted by atomic mass is 19.1. The van der Waals surface area contributed by atoms with Crippen LogP contribution in [-0.4, -0.2) is 17.2 Å². The Labute approximate surface area is 168 Å². The van der Waals surface area contributed by atoms with Crippen molar-refractivity contribution in [3.63, 3.8) is 0 Å². The van der Waals surface area contributed by atoms with Gasteiger partial charge in [-0.3, -0.25) is 0 Å². The van der Waals surface area contributed by atoms with Crippen LogP contribution in [0.5, 0.6) is 0 Å². The third kappa shape index (κ3) is 1.93. The molecule has 0 fully saturated rings. The average molecular weight is 378 g/mol. The van der Waals surface area contributed by atoms with Crippen LogP contribution >= 0.6 is 0 Å². The third-order valence-electron chi connectivity index (χ3n) is 6.39. The van der Waals surface area contributed by atoms with Crippen molar-refractivity contribution in [2.24, 2.45) is 0 Å². The van der Waals surface area contributed by atoms with Crippen LogP contribution < -0.4 is 5.46 Å². The van der Waals surface area contributed by atoms with Gasteiger partial charge in [-0.25, -0.2) is 4.39 Å². The molecular weight excluding hydrogens is 362 g/mol. The minimum Gasteiger partial charge on any atom is -0.423 e. The van der Waals surface area contributed by atoms with E-state index < -0.39 is 18.4 Å². The van der Waals surface area contributed by atoms with Crippen molar-refractivity contribution in [2.75, 3.05) is 0 Å². The zero-order valence-corrected chi connectivity index (χ0v) is 15.4. The maximum Gasteiger partial charge on any atom is 0.491 e. The summed E-state index contributed by atoms with van der Waals surface area (Å²) in [5.41, 5.74) is 7.64. The lowest BCUT2D eigenvalue weighted by Gasteiger charge is -2.30. The van der Waals surface area contributed by atoms with Crippen molar-refractivity contribution in [1.29, 1.82) is 0 Å². The second-order valence-electron chi connectivity index (χ2n) is 7.68.